The van der Waals surface area contributed by atoms with E-state index in [1.807, 2.05) is 25.9 Å². The fraction of sp³-hybridized carbons (Fsp3) is 0.485. The molecule has 0 radical (unpaired) electrons. The molecule has 0 spiro atoms. The van der Waals surface area contributed by atoms with Gasteiger partial charge in [0.2, 0.25) is 11.6 Å². The van der Waals surface area contributed by atoms with Crippen molar-refractivity contribution in [2.24, 2.45) is 5.92 Å². The lowest BCUT2D eigenvalue weighted by molar-refractivity contribution is -0.444. The predicted molar refractivity (Wildman–Crippen MR) is 173 cm³/mol. The molecule has 1 amide bonds. The van der Waals surface area contributed by atoms with E-state index in [1.54, 1.807) is 0 Å². The first-order valence-corrected chi connectivity index (χ1v) is 17.0. The first kappa shape index (κ1) is 31.1. The van der Waals surface area contributed by atoms with Gasteiger partial charge in [0.1, 0.15) is 17.1 Å². The maximum atomic E-state index is 12.7. The van der Waals surface area contributed by atoms with Gasteiger partial charge in [0.05, 0.1) is 17.4 Å². The Labute approximate surface area is 263 Å². The highest BCUT2D eigenvalue weighted by atomic mass is 32.2. The van der Waals surface area contributed by atoms with Gasteiger partial charge in [0, 0.05) is 80.7 Å². The van der Waals surface area contributed by atoms with Gasteiger partial charge in [-0.05, 0) is 57.0 Å². The molecule has 45 heavy (non-hydrogen) atoms. The summed E-state index contributed by atoms with van der Waals surface area (Å²) >= 11 is 0. The van der Waals surface area contributed by atoms with E-state index in [0.717, 1.165) is 58.2 Å². The van der Waals surface area contributed by atoms with Crippen molar-refractivity contribution in [1.29, 1.82) is 0 Å². The largest absolute Gasteiger partial charge is 0.485 e. The number of carboxylic acids is 1. The second-order valence-corrected chi connectivity index (χ2v) is 14.9. The molecule has 3 unspecified atom stereocenters. The van der Waals surface area contributed by atoms with Gasteiger partial charge < -0.3 is 25.0 Å². The van der Waals surface area contributed by atoms with E-state index < -0.39 is 26.8 Å². The van der Waals surface area contributed by atoms with Gasteiger partial charge in [-0.2, -0.15) is 13.0 Å². The Morgan fingerprint density at radius 3 is 2.56 bits per heavy atom. The molecular weight excluding hydrogens is 596 g/mol. The van der Waals surface area contributed by atoms with Crippen LogP contribution in [0.25, 0.3) is 6.08 Å². The van der Waals surface area contributed by atoms with E-state index >= 15 is 0 Å². The summed E-state index contributed by atoms with van der Waals surface area (Å²) in [6, 6.07) is 12.5. The summed E-state index contributed by atoms with van der Waals surface area (Å²) in [7, 11) is -0.209. The van der Waals surface area contributed by atoms with Gasteiger partial charge in [-0.3, -0.25) is 14.1 Å². The summed E-state index contributed by atoms with van der Waals surface area (Å²) in [4.78, 5) is 29.3. The molecule has 1 saturated heterocycles. The average Bonchev–Trinajstić information content (AvgIpc) is 3.24. The van der Waals surface area contributed by atoms with Gasteiger partial charge in [0.15, 0.2) is 12.3 Å². The van der Waals surface area contributed by atoms with Crippen molar-refractivity contribution in [2.75, 3.05) is 50.1 Å². The number of piperidine rings is 1. The number of anilines is 2. The van der Waals surface area contributed by atoms with E-state index in [-0.39, 0.29) is 30.9 Å². The fourth-order valence-corrected chi connectivity index (χ4v) is 7.50. The highest BCUT2D eigenvalue weighted by molar-refractivity contribution is 7.86. The van der Waals surface area contributed by atoms with Crippen LogP contribution in [0.1, 0.15) is 50.7 Å². The number of carbonyl (C=O) groups excluding carboxylic acids is 1. The number of ether oxygens (including phenoxy) is 1. The van der Waals surface area contributed by atoms with Crippen molar-refractivity contribution in [3.05, 3.63) is 53.1 Å². The molecule has 6 rings (SSSR count). The standard InChI is InChI=1S/C33H40N4O7S/c1-20(45(41,42)43)19-34-32(40)21-9-12-36(13-10-21)24-7-8-27-26(16-24)33(2,18-30(38)39)31-25-15-22-5-6-23(35(3)4)17-29(22)44-28(25)11-14-37(27)31/h5-8,15-17,20-21,28H,9-14,18-19H2,1-4H3,(H2-,34,38,39,40,41,42,43)/p+1. The van der Waals surface area contributed by atoms with E-state index in [0.29, 0.717) is 25.9 Å². The lowest BCUT2D eigenvalue weighted by Gasteiger charge is -2.34. The molecule has 4 aliphatic heterocycles. The Balaban J connectivity index is 1.25. The lowest BCUT2D eigenvalue weighted by Crippen LogP contribution is -2.45. The summed E-state index contributed by atoms with van der Waals surface area (Å²) in [5.74, 6) is -0.489. The van der Waals surface area contributed by atoms with E-state index in [9.17, 15) is 27.7 Å². The molecule has 0 aliphatic carbocycles. The minimum atomic E-state index is -4.21. The summed E-state index contributed by atoms with van der Waals surface area (Å²) in [6.45, 7) is 5.23. The molecule has 1 fully saturated rings. The number of carboxylic acid groups (broad SMARTS) is 1. The van der Waals surface area contributed by atoms with Crippen LogP contribution >= 0.6 is 0 Å². The monoisotopic (exact) mass is 637 g/mol. The number of hydrogen-bond donors (Lipinski definition) is 3. The van der Waals surface area contributed by atoms with Gasteiger partial charge in [0.25, 0.3) is 10.1 Å². The Morgan fingerprint density at radius 1 is 1.16 bits per heavy atom. The van der Waals surface area contributed by atoms with Crippen LogP contribution in [-0.4, -0.2) is 91.9 Å². The van der Waals surface area contributed by atoms with Crippen LogP contribution in [0.3, 0.4) is 0 Å². The number of aliphatic carboxylic acids is 1. The third-order valence-corrected chi connectivity index (χ3v) is 11.0. The number of benzene rings is 2. The normalized spacial score (nSPS) is 23.2. The molecule has 3 N–H and O–H groups in total. The maximum absolute atomic E-state index is 12.7. The van der Waals surface area contributed by atoms with E-state index in [2.05, 4.69) is 57.3 Å². The molecule has 3 atom stereocenters. The number of rotatable bonds is 8. The second kappa shape index (κ2) is 11.5. The molecule has 11 nitrogen and oxygen atoms in total. The number of fused-ring (bicyclic) bond motifs is 5. The Bertz CT molecular complexity index is 1730. The summed E-state index contributed by atoms with van der Waals surface area (Å²) in [6.07, 6.45) is 3.93. The van der Waals surface area contributed by atoms with Crippen LogP contribution in [0.15, 0.2) is 42.0 Å². The Kier molecular flexibility index (Phi) is 7.93. The number of nitrogens with zero attached hydrogens (tertiary/aromatic N) is 3. The molecule has 2 aromatic rings. The number of carbonyl (C=O) groups is 2. The topological polar surface area (TPSA) is 139 Å². The molecule has 240 valence electrons. The quantitative estimate of drug-likeness (QED) is 0.293. The molecule has 0 saturated carbocycles. The molecule has 0 bridgehead atoms. The SMILES string of the molecule is CC(CNC(=O)C1CCN(c2ccc3c(c2)C(C)(CC(=O)O)C2=[N+]3CCC3Oc4cc(N(C)C)ccc4C=C23)CC1)S(=O)(=O)O. The van der Waals surface area contributed by atoms with E-state index in [1.165, 1.54) is 6.92 Å². The smallest absolute Gasteiger partial charge is 0.304 e. The molecule has 0 aromatic heterocycles. The third-order valence-electron chi connectivity index (χ3n) is 9.79. The van der Waals surface area contributed by atoms with E-state index in [4.69, 9.17) is 4.74 Å². The fourth-order valence-electron chi connectivity index (χ4n) is 7.21. The lowest BCUT2D eigenvalue weighted by atomic mass is 9.72. The zero-order chi connectivity index (χ0) is 32.3. The van der Waals surface area contributed by atoms with Gasteiger partial charge in [-0.25, -0.2) is 0 Å². The minimum Gasteiger partial charge on any atom is -0.485 e. The average molecular weight is 638 g/mol. The van der Waals surface area contributed by atoms with Crippen molar-refractivity contribution in [1.82, 2.24) is 5.32 Å². The van der Waals surface area contributed by atoms with Crippen molar-refractivity contribution in [3.63, 3.8) is 0 Å². The number of nitrogens with one attached hydrogen (secondary N) is 1. The minimum absolute atomic E-state index is 0.0595. The molecule has 12 heteroatoms. The van der Waals surface area contributed by atoms with Gasteiger partial charge in [-0.1, -0.05) is 0 Å². The number of amides is 1. The number of hydrogen-bond acceptors (Lipinski definition) is 7. The Morgan fingerprint density at radius 2 is 1.89 bits per heavy atom. The maximum Gasteiger partial charge on any atom is 0.304 e. The third kappa shape index (κ3) is 5.69. The van der Waals surface area contributed by atoms with Crippen LogP contribution in [0, 0.1) is 5.92 Å². The van der Waals surface area contributed by atoms with Gasteiger partial charge >= 0.3 is 5.97 Å². The predicted octanol–water partition coefficient (Wildman–Crippen LogP) is 3.44. The molecule has 2 aromatic carbocycles. The summed E-state index contributed by atoms with van der Waals surface area (Å²) < 4.78 is 40.6. The Hall–Kier alpha value is -3.90. The van der Waals surface area contributed by atoms with Crippen LogP contribution in [-0.2, 0) is 25.1 Å². The van der Waals surface area contributed by atoms with Crippen molar-refractivity contribution in [3.8, 4) is 5.75 Å². The first-order valence-electron chi connectivity index (χ1n) is 15.5. The van der Waals surface area contributed by atoms with Gasteiger partial charge in [-0.15, -0.1) is 0 Å². The van der Waals surface area contributed by atoms with Crippen molar-refractivity contribution >= 4 is 50.8 Å². The zero-order valence-corrected chi connectivity index (χ0v) is 26.9. The van der Waals surface area contributed by atoms with Crippen LogP contribution in [0.5, 0.6) is 5.75 Å². The van der Waals surface area contributed by atoms with Crippen molar-refractivity contribution in [2.45, 2.75) is 56.3 Å². The highest BCUT2D eigenvalue weighted by Gasteiger charge is 2.55. The molecule has 4 heterocycles. The highest BCUT2D eigenvalue weighted by Crippen LogP contribution is 2.50. The van der Waals surface area contributed by atoms with Crippen molar-refractivity contribution < 1.29 is 37.0 Å². The molecule has 4 aliphatic rings. The second-order valence-electron chi connectivity index (χ2n) is 13.0. The zero-order valence-electron chi connectivity index (χ0n) is 26.1. The van der Waals surface area contributed by atoms with Crippen LogP contribution in [0.4, 0.5) is 17.1 Å². The van der Waals surface area contributed by atoms with Crippen LogP contribution in [0.2, 0.25) is 0 Å². The summed E-state index contributed by atoms with van der Waals surface area (Å²) in [5.41, 5.74) is 6.27. The van der Waals surface area contributed by atoms with Crippen LogP contribution < -0.4 is 19.9 Å². The molecular formula is C33H41N4O7S+. The summed E-state index contributed by atoms with van der Waals surface area (Å²) in [5, 5.41) is 11.7. The first-order chi connectivity index (χ1) is 21.3.